The largest absolute Gasteiger partial charge is 0.495 e. The molecule has 10 nitrogen and oxygen atoms in total. The van der Waals surface area contributed by atoms with Crippen molar-refractivity contribution in [2.75, 3.05) is 33.5 Å². The highest BCUT2D eigenvalue weighted by atomic mass is 32.2. The summed E-state index contributed by atoms with van der Waals surface area (Å²) in [5.74, 6) is 1.08. The zero-order valence-electron chi connectivity index (χ0n) is 22.9. The average Bonchev–Trinajstić information content (AvgIpc) is 3.47. The molecule has 0 saturated heterocycles. The third-order valence-electron chi connectivity index (χ3n) is 6.86. The highest BCUT2D eigenvalue weighted by molar-refractivity contribution is 7.89. The molecule has 0 N–H and O–H groups in total. The van der Waals surface area contributed by atoms with E-state index in [-0.39, 0.29) is 18.1 Å². The van der Waals surface area contributed by atoms with Gasteiger partial charge in [0.05, 0.1) is 31.0 Å². The Morgan fingerprint density at radius 3 is 2.46 bits per heavy atom. The first-order chi connectivity index (χ1) is 18.4. The van der Waals surface area contributed by atoms with Crippen LogP contribution in [0.2, 0.25) is 0 Å². The van der Waals surface area contributed by atoms with Gasteiger partial charge in [0.2, 0.25) is 15.9 Å². The van der Waals surface area contributed by atoms with Crippen molar-refractivity contribution in [2.24, 2.45) is 0 Å². The number of hydrogen-bond donors (Lipinski definition) is 0. The summed E-state index contributed by atoms with van der Waals surface area (Å²) in [5.41, 5.74) is 0.148. The van der Waals surface area contributed by atoms with Crippen molar-refractivity contribution in [2.45, 2.75) is 51.5 Å². The SMILES string of the molecule is COc1ccc(C2(C(=O)N(CCCc3ccc(C)o3)Cc3nc(C(=O)CS(=O)(=O)N(C)C)c(C)s3)CC2)nc1. The molecule has 0 spiro atoms. The smallest absolute Gasteiger partial charge is 0.235 e. The van der Waals surface area contributed by atoms with Gasteiger partial charge in [-0.3, -0.25) is 14.6 Å². The standard InChI is InChI=1S/C27H34N4O6S2/c1-18-8-9-20(37-18)7-6-14-31(26(33)27(12-13-27)23-11-10-21(36-5)15-28-23)16-24-29-25(19(2)38-24)22(32)17-39(34,35)30(3)4/h8-11,15H,6-7,12-14,16-17H2,1-5H3. The number of nitrogens with zero attached hydrogens (tertiary/aromatic N) is 4. The second-order valence-corrected chi connectivity index (χ2v) is 13.5. The first-order valence-electron chi connectivity index (χ1n) is 12.7. The van der Waals surface area contributed by atoms with E-state index in [1.807, 2.05) is 31.2 Å². The number of aryl methyl sites for hydroxylation is 3. The van der Waals surface area contributed by atoms with Crippen molar-refractivity contribution >= 4 is 33.1 Å². The molecule has 0 atom stereocenters. The Bertz CT molecular complexity index is 1440. The molecule has 0 unspecified atom stereocenters. The molecular weight excluding hydrogens is 540 g/mol. The summed E-state index contributed by atoms with van der Waals surface area (Å²) in [5, 5.41) is 0.582. The minimum atomic E-state index is -3.71. The van der Waals surface area contributed by atoms with Gasteiger partial charge in [0.1, 0.15) is 33.7 Å². The van der Waals surface area contributed by atoms with Gasteiger partial charge in [-0.05, 0) is 57.4 Å². The predicted octanol–water partition coefficient (Wildman–Crippen LogP) is 3.52. The van der Waals surface area contributed by atoms with E-state index in [1.54, 1.807) is 25.1 Å². The van der Waals surface area contributed by atoms with Crippen LogP contribution in [0.1, 0.15) is 56.9 Å². The lowest BCUT2D eigenvalue weighted by Crippen LogP contribution is -2.40. The van der Waals surface area contributed by atoms with E-state index in [0.717, 1.165) is 15.8 Å². The molecule has 0 aliphatic heterocycles. The molecule has 1 saturated carbocycles. The lowest BCUT2D eigenvalue weighted by molar-refractivity contribution is -0.134. The number of Topliss-reactive ketones (excluding diaryl/α,β-unsaturated/α-hetero) is 1. The van der Waals surface area contributed by atoms with Gasteiger partial charge in [0, 0.05) is 31.9 Å². The van der Waals surface area contributed by atoms with Crippen molar-refractivity contribution < 1.29 is 27.2 Å². The van der Waals surface area contributed by atoms with Crippen molar-refractivity contribution in [3.63, 3.8) is 0 Å². The Morgan fingerprint density at radius 1 is 1.15 bits per heavy atom. The van der Waals surface area contributed by atoms with Crippen LogP contribution in [0.5, 0.6) is 5.75 Å². The van der Waals surface area contributed by atoms with Crippen LogP contribution in [0.3, 0.4) is 0 Å². The summed E-state index contributed by atoms with van der Waals surface area (Å²) in [7, 11) is 0.637. The van der Waals surface area contributed by atoms with Crippen LogP contribution in [-0.4, -0.2) is 72.8 Å². The molecule has 1 aliphatic rings. The van der Waals surface area contributed by atoms with Gasteiger partial charge in [-0.2, -0.15) is 0 Å². The molecule has 3 heterocycles. The molecule has 0 bridgehead atoms. The molecule has 3 aromatic heterocycles. The van der Waals surface area contributed by atoms with Crippen LogP contribution in [0.15, 0.2) is 34.9 Å². The summed E-state index contributed by atoms with van der Waals surface area (Å²) < 4.78 is 36.4. The topological polar surface area (TPSA) is 123 Å². The Morgan fingerprint density at radius 2 is 1.90 bits per heavy atom. The molecule has 210 valence electrons. The molecule has 3 aromatic rings. The molecule has 12 heteroatoms. The number of methoxy groups -OCH3 is 1. The predicted molar refractivity (Wildman–Crippen MR) is 148 cm³/mol. The first kappa shape index (κ1) is 28.9. The van der Waals surface area contributed by atoms with Gasteiger partial charge < -0.3 is 14.1 Å². The van der Waals surface area contributed by atoms with Crippen molar-refractivity contribution in [3.05, 3.63) is 63.3 Å². The summed E-state index contributed by atoms with van der Waals surface area (Å²) >= 11 is 1.30. The fourth-order valence-corrected chi connectivity index (χ4v) is 6.10. The van der Waals surface area contributed by atoms with Gasteiger partial charge in [0.25, 0.3) is 0 Å². The lowest BCUT2D eigenvalue weighted by atomic mass is 9.99. The number of aromatic nitrogens is 2. The second-order valence-electron chi connectivity index (χ2n) is 9.98. The highest BCUT2D eigenvalue weighted by Gasteiger charge is 2.54. The van der Waals surface area contributed by atoms with Crippen LogP contribution >= 0.6 is 11.3 Å². The van der Waals surface area contributed by atoms with Gasteiger partial charge in [-0.25, -0.2) is 17.7 Å². The fraction of sp³-hybridized carbons (Fsp3) is 0.481. The Balaban J connectivity index is 1.55. The number of carbonyl (C=O) groups is 2. The molecule has 1 fully saturated rings. The van der Waals surface area contributed by atoms with Crippen LogP contribution in [0.4, 0.5) is 0 Å². The number of sulfonamides is 1. The van der Waals surface area contributed by atoms with E-state index in [4.69, 9.17) is 9.15 Å². The number of rotatable bonds is 13. The third-order valence-corrected chi connectivity index (χ3v) is 9.55. The number of hydrogen-bond acceptors (Lipinski definition) is 9. The number of ether oxygens (including phenoxy) is 1. The molecule has 1 aliphatic carbocycles. The Kier molecular flexibility index (Phi) is 8.57. The van der Waals surface area contributed by atoms with Crippen molar-refractivity contribution in [1.29, 1.82) is 0 Å². The second kappa shape index (κ2) is 11.6. The van der Waals surface area contributed by atoms with E-state index >= 15 is 0 Å². The third kappa shape index (κ3) is 6.56. The quantitative estimate of drug-likeness (QED) is 0.284. The van der Waals surface area contributed by atoms with Gasteiger partial charge in [-0.15, -0.1) is 11.3 Å². The zero-order chi connectivity index (χ0) is 28.4. The first-order valence-corrected chi connectivity index (χ1v) is 15.1. The molecule has 0 aromatic carbocycles. The fourth-order valence-electron chi connectivity index (χ4n) is 4.41. The van der Waals surface area contributed by atoms with Crippen LogP contribution in [0, 0.1) is 13.8 Å². The summed E-state index contributed by atoms with van der Waals surface area (Å²) in [6.45, 7) is 4.32. The Hall–Kier alpha value is -3.09. The average molecular weight is 575 g/mol. The monoisotopic (exact) mass is 574 g/mol. The molecule has 0 radical (unpaired) electrons. The maximum absolute atomic E-state index is 14.0. The van der Waals surface area contributed by atoms with Gasteiger partial charge in [0.15, 0.2) is 5.78 Å². The minimum absolute atomic E-state index is 0.0355. The zero-order valence-corrected chi connectivity index (χ0v) is 24.5. The van der Waals surface area contributed by atoms with E-state index in [2.05, 4.69) is 9.97 Å². The van der Waals surface area contributed by atoms with E-state index in [0.29, 0.717) is 53.6 Å². The van der Waals surface area contributed by atoms with Crippen molar-refractivity contribution in [3.8, 4) is 5.75 Å². The van der Waals surface area contributed by atoms with Crippen LogP contribution in [-0.2, 0) is 33.2 Å². The summed E-state index contributed by atoms with van der Waals surface area (Å²) in [4.78, 5) is 38.2. The number of carbonyl (C=O) groups excluding carboxylic acids is 2. The van der Waals surface area contributed by atoms with Crippen LogP contribution < -0.4 is 4.74 Å². The van der Waals surface area contributed by atoms with E-state index < -0.39 is 27.0 Å². The lowest BCUT2D eigenvalue weighted by Gasteiger charge is -2.26. The minimum Gasteiger partial charge on any atom is -0.495 e. The van der Waals surface area contributed by atoms with Crippen molar-refractivity contribution in [1.82, 2.24) is 19.2 Å². The summed E-state index contributed by atoms with van der Waals surface area (Å²) in [6.07, 6.45) is 4.37. The number of furan rings is 1. The highest BCUT2D eigenvalue weighted by Crippen LogP contribution is 2.49. The van der Waals surface area contributed by atoms with Gasteiger partial charge >= 0.3 is 0 Å². The number of ketones is 1. The Labute approximate surface area is 233 Å². The van der Waals surface area contributed by atoms with E-state index in [9.17, 15) is 18.0 Å². The molecule has 1 amide bonds. The molecule has 39 heavy (non-hydrogen) atoms. The maximum atomic E-state index is 14.0. The van der Waals surface area contributed by atoms with Crippen LogP contribution in [0.25, 0.3) is 0 Å². The number of pyridine rings is 1. The normalized spacial score (nSPS) is 14.4. The van der Waals surface area contributed by atoms with E-state index in [1.165, 1.54) is 25.4 Å². The number of amides is 1. The summed E-state index contributed by atoms with van der Waals surface area (Å²) in [6, 6.07) is 7.50. The van der Waals surface area contributed by atoms with Gasteiger partial charge in [-0.1, -0.05) is 0 Å². The maximum Gasteiger partial charge on any atom is 0.235 e. The number of thiazole rings is 1. The molecule has 4 rings (SSSR count). The molecular formula is C27H34N4O6S2.